The molecular formula is C23H33N3O5. The molecule has 2 N–H and O–H groups in total. The quantitative estimate of drug-likeness (QED) is 0.584. The van der Waals surface area contributed by atoms with Crippen molar-refractivity contribution >= 4 is 23.5 Å². The lowest BCUT2D eigenvalue weighted by atomic mass is 9.96. The number of esters is 1. The maximum atomic E-state index is 12.9. The van der Waals surface area contributed by atoms with Gasteiger partial charge in [-0.25, -0.2) is 0 Å². The summed E-state index contributed by atoms with van der Waals surface area (Å²) in [7, 11) is 1.51. The van der Waals surface area contributed by atoms with E-state index in [4.69, 9.17) is 9.47 Å². The van der Waals surface area contributed by atoms with Crippen molar-refractivity contribution in [2.45, 2.75) is 70.5 Å². The second-order valence-corrected chi connectivity index (χ2v) is 8.27. The van der Waals surface area contributed by atoms with Crippen LogP contribution in [0.5, 0.6) is 5.75 Å². The zero-order valence-corrected chi connectivity index (χ0v) is 18.6. The summed E-state index contributed by atoms with van der Waals surface area (Å²) in [5.41, 5.74) is 1.05. The standard InChI is InChI=1S/C23H33N3O5/c1-4-31-22(28)6-5-11-26-18-8-9-19(26)13-17(12-18)25-23(29)20-10-7-16(24-15(2)27)14-21(20)30-3/h7,10,14,17-19H,4-6,8-9,11-13H2,1-3H3,(H,24,27)(H,25,29). The van der Waals surface area contributed by atoms with Gasteiger partial charge in [-0.3, -0.25) is 19.3 Å². The van der Waals surface area contributed by atoms with Gasteiger partial charge in [0.1, 0.15) is 5.75 Å². The van der Waals surface area contributed by atoms with E-state index in [1.54, 1.807) is 18.2 Å². The summed E-state index contributed by atoms with van der Waals surface area (Å²) in [6.45, 7) is 4.58. The van der Waals surface area contributed by atoms with E-state index in [1.807, 2.05) is 6.92 Å². The van der Waals surface area contributed by atoms with Crippen LogP contribution in [-0.4, -0.2) is 61.1 Å². The van der Waals surface area contributed by atoms with Gasteiger partial charge in [-0.15, -0.1) is 0 Å². The molecule has 8 heteroatoms. The molecule has 2 heterocycles. The van der Waals surface area contributed by atoms with Gasteiger partial charge in [0.05, 0.1) is 19.3 Å². The molecule has 0 saturated carbocycles. The molecule has 2 aliphatic heterocycles. The summed E-state index contributed by atoms with van der Waals surface area (Å²) < 4.78 is 10.4. The second kappa shape index (κ2) is 10.6. The van der Waals surface area contributed by atoms with Gasteiger partial charge < -0.3 is 20.1 Å². The number of anilines is 1. The minimum Gasteiger partial charge on any atom is -0.496 e. The molecule has 2 aliphatic rings. The van der Waals surface area contributed by atoms with Gasteiger partial charge in [0.15, 0.2) is 0 Å². The fraction of sp³-hybridized carbons (Fsp3) is 0.609. The Morgan fingerprint density at radius 2 is 1.87 bits per heavy atom. The molecule has 0 aliphatic carbocycles. The normalized spacial score (nSPS) is 22.6. The van der Waals surface area contributed by atoms with Crippen molar-refractivity contribution in [2.24, 2.45) is 0 Å². The highest BCUT2D eigenvalue weighted by Gasteiger charge is 2.40. The molecule has 0 aromatic heterocycles. The third kappa shape index (κ3) is 5.97. The molecule has 0 spiro atoms. The number of hydrogen-bond donors (Lipinski definition) is 2. The zero-order valence-electron chi connectivity index (χ0n) is 18.6. The molecular weight excluding hydrogens is 398 g/mol. The van der Waals surface area contributed by atoms with E-state index in [0.29, 0.717) is 42.1 Å². The SMILES string of the molecule is CCOC(=O)CCCN1C2CCC1CC(NC(=O)c1ccc(NC(C)=O)cc1OC)C2. The number of rotatable bonds is 9. The summed E-state index contributed by atoms with van der Waals surface area (Å²) in [6, 6.07) is 6.04. The molecule has 2 amide bonds. The van der Waals surface area contributed by atoms with Crippen LogP contribution in [0.25, 0.3) is 0 Å². The first kappa shape index (κ1) is 23.1. The molecule has 2 fully saturated rings. The third-order valence-corrected chi connectivity index (χ3v) is 6.09. The van der Waals surface area contributed by atoms with Crippen LogP contribution in [0.4, 0.5) is 5.69 Å². The molecule has 31 heavy (non-hydrogen) atoms. The Kier molecular flexibility index (Phi) is 7.90. The Labute approximate surface area is 183 Å². The number of amides is 2. The van der Waals surface area contributed by atoms with E-state index in [0.717, 1.165) is 38.6 Å². The van der Waals surface area contributed by atoms with Crippen LogP contribution in [0, 0.1) is 0 Å². The van der Waals surface area contributed by atoms with Gasteiger partial charge in [0.25, 0.3) is 5.91 Å². The predicted octanol–water partition coefficient (Wildman–Crippen LogP) is 2.72. The van der Waals surface area contributed by atoms with Crippen molar-refractivity contribution in [1.82, 2.24) is 10.2 Å². The number of benzene rings is 1. The lowest BCUT2D eigenvalue weighted by molar-refractivity contribution is -0.143. The molecule has 1 aromatic rings. The number of methoxy groups -OCH3 is 1. The fourth-order valence-corrected chi connectivity index (χ4v) is 4.82. The first-order chi connectivity index (χ1) is 14.9. The zero-order chi connectivity index (χ0) is 22.4. The first-order valence-corrected chi connectivity index (χ1v) is 11.1. The molecule has 2 unspecified atom stereocenters. The smallest absolute Gasteiger partial charge is 0.305 e. The Morgan fingerprint density at radius 3 is 2.48 bits per heavy atom. The monoisotopic (exact) mass is 431 g/mol. The summed E-state index contributed by atoms with van der Waals surface area (Å²) in [5.74, 6) is -0.0336. The van der Waals surface area contributed by atoms with E-state index in [1.165, 1.54) is 14.0 Å². The minimum atomic E-state index is -0.177. The largest absolute Gasteiger partial charge is 0.496 e. The highest BCUT2D eigenvalue weighted by atomic mass is 16.5. The highest BCUT2D eigenvalue weighted by molar-refractivity contribution is 5.98. The molecule has 2 atom stereocenters. The van der Waals surface area contributed by atoms with E-state index in [9.17, 15) is 14.4 Å². The lowest BCUT2D eigenvalue weighted by Crippen LogP contribution is -2.50. The van der Waals surface area contributed by atoms with Gasteiger partial charge in [-0.2, -0.15) is 0 Å². The lowest BCUT2D eigenvalue weighted by Gasteiger charge is -2.39. The molecule has 0 radical (unpaired) electrons. The van der Waals surface area contributed by atoms with E-state index in [2.05, 4.69) is 15.5 Å². The van der Waals surface area contributed by atoms with Crippen molar-refractivity contribution in [1.29, 1.82) is 0 Å². The summed E-state index contributed by atoms with van der Waals surface area (Å²) in [5, 5.41) is 5.87. The van der Waals surface area contributed by atoms with Crippen LogP contribution < -0.4 is 15.4 Å². The number of hydrogen-bond acceptors (Lipinski definition) is 6. The Bertz CT molecular complexity index is 798. The van der Waals surface area contributed by atoms with Gasteiger partial charge in [-0.05, 0) is 57.7 Å². The third-order valence-electron chi connectivity index (χ3n) is 6.09. The topological polar surface area (TPSA) is 97.0 Å². The van der Waals surface area contributed by atoms with Crippen LogP contribution in [0.1, 0.15) is 62.7 Å². The van der Waals surface area contributed by atoms with Crippen LogP contribution in [0.3, 0.4) is 0 Å². The Morgan fingerprint density at radius 1 is 1.16 bits per heavy atom. The van der Waals surface area contributed by atoms with E-state index >= 15 is 0 Å². The highest BCUT2D eigenvalue weighted by Crippen LogP contribution is 2.36. The number of nitrogens with zero attached hydrogens (tertiary/aromatic N) is 1. The fourth-order valence-electron chi connectivity index (χ4n) is 4.82. The van der Waals surface area contributed by atoms with E-state index in [-0.39, 0.29) is 23.8 Å². The van der Waals surface area contributed by atoms with E-state index < -0.39 is 0 Å². The molecule has 2 bridgehead atoms. The van der Waals surface area contributed by atoms with Gasteiger partial charge in [0.2, 0.25) is 5.91 Å². The minimum absolute atomic E-state index is 0.117. The summed E-state index contributed by atoms with van der Waals surface area (Å²) >= 11 is 0. The maximum Gasteiger partial charge on any atom is 0.305 e. The van der Waals surface area contributed by atoms with Crippen LogP contribution in [-0.2, 0) is 14.3 Å². The number of fused-ring (bicyclic) bond motifs is 2. The maximum absolute atomic E-state index is 12.9. The van der Waals surface area contributed by atoms with Crippen molar-refractivity contribution in [3.8, 4) is 5.75 Å². The molecule has 2 saturated heterocycles. The molecule has 8 nitrogen and oxygen atoms in total. The molecule has 1 aromatic carbocycles. The summed E-state index contributed by atoms with van der Waals surface area (Å²) in [4.78, 5) is 38.2. The molecule has 3 rings (SSSR count). The van der Waals surface area contributed by atoms with Crippen molar-refractivity contribution in [3.05, 3.63) is 23.8 Å². The van der Waals surface area contributed by atoms with Crippen LogP contribution in [0.2, 0.25) is 0 Å². The van der Waals surface area contributed by atoms with Gasteiger partial charge in [0, 0.05) is 43.2 Å². The average molecular weight is 432 g/mol. The number of carbonyl (C=O) groups is 3. The van der Waals surface area contributed by atoms with Gasteiger partial charge >= 0.3 is 5.97 Å². The van der Waals surface area contributed by atoms with Crippen molar-refractivity contribution in [2.75, 3.05) is 25.6 Å². The van der Waals surface area contributed by atoms with Gasteiger partial charge in [-0.1, -0.05) is 0 Å². The van der Waals surface area contributed by atoms with Crippen LogP contribution >= 0.6 is 0 Å². The predicted molar refractivity (Wildman–Crippen MR) is 117 cm³/mol. The average Bonchev–Trinajstić information content (AvgIpc) is 2.96. The van der Waals surface area contributed by atoms with Crippen molar-refractivity contribution in [3.63, 3.8) is 0 Å². The first-order valence-electron chi connectivity index (χ1n) is 11.1. The van der Waals surface area contributed by atoms with Crippen LogP contribution in [0.15, 0.2) is 18.2 Å². The number of piperidine rings is 1. The second-order valence-electron chi connectivity index (χ2n) is 8.27. The number of ether oxygens (including phenoxy) is 2. The number of carbonyl (C=O) groups excluding carboxylic acids is 3. The molecule has 170 valence electrons. The van der Waals surface area contributed by atoms with Crippen molar-refractivity contribution < 1.29 is 23.9 Å². The Balaban J connectivity index is 1.55. The number of nitrogens with one attached hydrogen (secondary N) is 2. The summed E-state index contributed by atoms with van der Waals surface area (Å²) in [6.07, 6.45) is 5.34. The Hall–Kier alpha value is -2.61.